The Balaban J connectivity index is 0. The first-order chi connectivity index (χ1) is 1.41. The van der Waals surface area contributed by atoms with Crippen molar-refractivity contribution in [2.24, 2.45) is 0 Å². The van der Waals surface area contributed by atoms with Gasteiger partial charge in [0.05, 0.1) is 0 Å². The zero-order valence-corrected chi connectivity index (χ0v) is 4.33. The fraction of sp³-hybridized carbons (Fsp3) is 0. The topological polar surface area (TPSA) is 40.1 Å². The second kappa shape index (κ2) is 9.11. The van der Waals surface area contributed by atoms with E-state index >= 15 is 0 Å². The summed E-state index contributed by atoms with van der Waals surface area (Å²) in [6.45, 7) is 0. The first kappa shape index (κ1) is 8.86. The van der Waals surface area contributed by atoms with Crippen molar-refractivity contribution in [1.29, 1.82) is 0 Å². The summed E-state index contributed by atoms with van der Waals surface area (Å²) in [5.41, 5.74) is 0. The minimum absolute atomic E-state index is 0. The van der Waals surface area contributed by atoms with Crippen molar-refractivity contribution in [3.63, 3.8) is 0 Å². The van der Waals surface area contributed by atoms with Crippen LogP contribution >= 0.6 is 0 Å². The second-order valence-electron chi connectivity index (χ2n) is 0.0962. The second-order valence-corrected chi connectivity index (χ2v) is 0.289. The molecular weight excluding hydrogens is 167 g/mol. The van der Waals surface area contributed by atoms with Gasteiger partial charge in [-0.05, 0) is 0 Å². The van der Waals surface area contributed by atoms with Crippen LogP contribution in [0.3, 0.4) is 0 Å². The zero-order chi connectivity index (χ0) is 2.71. The average Bonchev–Trinajstić information content (AvgIpc) is 0.918. The molecule has 0 aromatic rings. The van der Waals surface area contributed by atoms with Gasteiger partial charge in [0.2, 0.25) is 0 Å². The summed E-state index contributed by atoms with van der Waals surface area (Å²) < 4.78 is 16.9. The van der Waals surface area contributed by atoms with Gasteiger partial charge in [0.15, 0.2) is 0 Å². The van der Waals surface area contributed by atoms with Gasteiger partial charge in [-0.1, -0.05) is 0 Å². The Bertz CT molecular complexity index is 13.5. The van der Waals surface area contributed by atoms with Crippen molar-refractivity contribution in [1.82, 2.24) is 0 Å². The first-order valence-corrected chi connectivity index (χ1v) is 1.41. The quantitative estimate of drug-likeness (QED) is 0.403. The van der Waals surface area contributed by atoms with Crippen LogP contribution in [0.2, 0.25) is 0 Å². The van der Waals surface area contributed by atoms with Crippen LogP contribution in [0.5, 0.6) is 0 Å². The van der Waals surface area contributed by atoms with E-state index in [-0.39, 0.29) is 22.4 Å². The number of rotatable bonds is 0. The summed E-state index contributed by atoms with van der Waals surface area (Å²) in [4.78, 5) is 0. The molecular formula is AgAlO2. The third kappa shape index (κ3) is 13.2. The fourth-order valence-corrected chi connectivity index (χ4v) is 0. The van der Waals surface area contributed by atoms with Crippen LogP contribution in [0.4, 0.5) is 0 Å². The minimum atomic E-state index is -1.75. The molecule has 0 bridgehead atoms. The Hall–Kier alpha value is 0.873. The van der Waals surface area contributed by atoms with Crippen molar-refractivity contribution in [2.75, 3.05) is 0 Å². The summed E-state index contributed by atoms with van der Waals surface area (Å²) in [5.74, 6) is 0. The van der Waals surface area contributed by atoms with E-state index < -0.39 is 15.5 Å². The molecule has 0 spiro atoms. The third-order valence-corrected chi connectivity index (χ3v) is 0. The van der Waals surface area contributed by atoms with E-state index in [2.05, 4.69) is 0 Å². The van der Waals surface area contributed by atoms with Gasteiger partial charge < -0.3 is 0 Å². The normalized spacial score (nSPS) is 2.00. The van der Waals surface area contributed by atoms with Crippen LogP contribution in [0.1, 0.15) is 0 Å². The SMILES string of the molecule is [Ag+].[O]=[Al][O-]. The van der Waals surface area contributed by atoms with Crippen LogP contribution < -0.4 is 4.16 Å². The molecule has 26 valence electrons. The Morgan fingerprint density at radius 2 is 1.75 bits per heavy atom. The van der Waals surface area contributed by atoms with Gasteiger partial charge in [-0.2, -0.15) is 0 Å². The average molecular weight is 167 g/mol. The van der Waals surface area contributed by atoms with Crippen LogP contribution in [0.15, 0.2) is 0 Å². The van der Waals surface area contributed by atoms with Crippen LogP contribution in [-0.2, 0) is 26.2 Å². The van der Waals surface area contributed by atoms with E-state index in [4.69, 9.17) is 7.96 Å². The molecule has 0 rings (SSSR count). The molecule has 0 unspecified atom stereocenters. The van der Waals surface area contributed by atoms with Gasteiger partial charge in [0.25, 0.3) is 0 Å². The predicted octanol–water partition coefficient (Wildman–Crippen LogP) is -1.69. The summed E-state index contributed by atoms with van der Waals surface area (Å²) in [5, 5.41) is 0. The van der Waals surface area contributed by atoms with Crippen LogP contribution in [0, 0.1) is 0 Å². The molecule has 0 fully saturated rings. The maximum absolute atomic E-state index is 8.46. The molecule has 0 aromatic heterocycles. The van der Waals surface area contributed by atoms with Crippen LogP contribution in [0.25, 0.3) is 0 Å². The molecule has 0 aliphatic carbocycles. The molecule has 0 N–H and O–H groups in total. The molecule has 4 heteroatoms. The molecule has 0 aromatic carbocycles. The van der Waals surface area contributed by atoms with E-state index in [1.807, 2.05) is 0 Å². The molecule has 0 saturated heterocycles. The number of hydrogen-bond donors (Lipinski definition) is 0. The van der Waals surface area contributed by atoms with Crippen molar-refractivity contribution < 1.29 is 30.3 Å². The maximum atomic E-state index is 8.46. The van der Waals surface area contributed by atoms with Gasteiger partial charge in [-0.3, -0.25) is 0 Å². The molecule has 4 heavy (non-hydrogen) atoms. The Morgan fingerprint density at radius 1 is 1.75 bits per heavy atom. The Kier molecular flexibility index (Phi) is 20.2. The van der Waals surface area contributed by atoms with Crippen LogP contribution in [-0.4, -0.2) is 15.5 Å². The van der Waals surface area contributed by atoms with Crippen molar-refractivity contribution >= 4 is 15.5 Å². The molecule has 0 aliphatic rings. The zero-order valence-electron chi connectivity index (χ0n) is 1.70. The van der Waals surface area contributed by atoms with E-state index in [0.717, 1.165) is 0 Å². The summed E-state index contributed by atoms with van der Waals surface area (Å²) in [7, 11) is 0. The van der Waals surface area contributed by atoms with Gasteiger partial charge in [0.1, 0.15) is 0 Å². The predicted molar refractivity (Wildman–Crippen MR) is 6.44 cm³/mol. The Morgan fingerprint density at radius 3 is 1.75 bits per heavy atom. The van der Waals surface area contributed by atoms with Crippen molar-refractivity contribution in [3.05, 3.63) is 0 Å². The van der Waals surface area contributed by atoms with E-state index in [1.165, 1.54) is 0 Å². The standard InChI is InChI=1S/Ag.Al.2O/q+1;;;-1. The number of hydrogen-bond acceptors (Lipinski definition) is 2. The van der Waals surface area contributed by atoms with Crippen molar-refractivity contribution in [3.8, 4) is 0 Å². The van der Waals surface area contributed by atoms with Gasteiger partial charge in [-0.25, -0.2) is 0 Å². The molecule has 0 atom stereocenters. The molecule has 0 radical (unpaired) electrons. The van der Waals surface area contributed by atoms with Crippen molar-refractivity contribution in [2.45, 2.75) is 0 Å². The van der Waals surface area contributed by atoms with E-state index in [1.54, 1.807) is 0 Å². The molecule has 0 heterocycles. The summed E-state index contributed by atoms with van der Waals surface area (Å²) in [6, 6.07) is 0. The van der Waals surface area contributed by atoms with Gasteiger partial charge in [0, 0.05) is 0 Å². The molecule has 2 nitrogen and oxygen atoms in total. The fourth-order valence-electron chi connectivity index (χ4n) is 0. The van der Waals surface area contributed by atoms with Gasteiger partial charge >= 0.3 is 45.8 Å². The van der Waals surface area contributed by atoms with Gasteiger partial charge in [-0.15, -0.1) is 0 Å². The van der Waals surface area contributed by atoms with E-state index in [0.29, 0.717) is 0 Å². The third-order valence-electron chi connectivity index (χ3n) is 0. The Labute approximate surface area is 46.0 Å². The first-order valence-electron chi connectivity index (χ1n) is 0.471. The van der Waals surface area contributed by atoms with E-state index in [9.17, 15) is 0 Å². The molecule has 0 saturated carbocycles. The summed E-state index contributed by atoms with van der Waals surface area (Å²) >= 11 is -1.75. The molecule has 0 amide bonds. The monoisotopic (exact) mass is 166 g/mol. The molecule has 0 aliphatic heterocycles. The summed E-state index contributed by atoms with van der Waals surface area (Å²) in [6.07, 6.45) is 0.